The van der Waals surface area contributed by atoms with Gasteiger partial charge in [0.2, 0.25) is 5.91 Å². The first-order chi connectivity index (χ1) is 11.6. The fourth-order valence-corrected chi connectivity index (χ4v) is 3.96. The third-order valence-corrected chi connectivity index (χ3v) is 5.11. The van der Waals surface area contributed by atoms with Gasteiger partial charge in [-0.2, -0.15) is 0 Å². The SMILES string of the molecule is CC(C)Oc1cccc(CNC(=O)CNC23CCCC2NCC3)c1. The second-order valence-corrected chi connectivity index (χ2v) is 7.25. The number of hydrogen-bond donors (Lipinski definition) is 3. The molecule has 1 aliphatic carbocycles. The van der Waals surface area contributed by atoms with Gasteiger partial charge in [-0.15, -0.1) is 0 Å². The van der Waals surface area contributed by atoms with Crippen molar-refractivity contribution in [3.05, 3.63) is 29.8 Å². The fraction of sp³-hybridized carbons (Fsp3) is 0.632. The summed E-state index contributed by atoms with van der Waals surface area (Å²) >= 11 is 0. The predicted molar refractivity (Wildman–Crippen MR) is 95.0 cm³/mol. The second kappa shape index (κ2) is 7.53. The zero-order chi connectivity index (χ0) is 17.0. The average Bonchev–Trinajstić information content (AvgIpc) is 3.10. The first-order valence-electron chi connectivity index (χ1n) is 9.08. The molecule has 3 rings (SSSR count). The van der Waals surface area contributed by atoms with Gasteiger partial charge < -0.3 is 20.7 Å². The van der Waals surface area contributed by atoms with Crippen molar-refractivity contribution in [1.82, 2.24) is 16.0 Å². The van der Waals surface area contributed by atoms with Gasteiger partial charge in [0, 0.05) is 18.1 Å². The normalized spacial score (nSPS) is 25.7. The molecule has 132 valence electrons. The lowest BCUT2D eigenvalue weighted by Gasteiger charge is -2.30. The number of benzene rings is 1. The van der Waals surface area contributed by atoms with E-state index in [-0.39, 0.29) is 17.6 Å². The summed E-state index contributed by atoms with van der Waals surface area (Å²) in [4.78, 5) is 12.2. The molecule has 5 nitrogen and oxygen atoms in total. The van der Waals surface area contributed by atoms with Crippen molar-refractivity contribution in [3.8, 4) is 5.75 Å². The van der Waals surface area contributed by atoms with E-state index in [9.17, 15) is 4.79 Å². The Kier molecular flexibility index (Phi) is 5.41. The molecular formula is C19H29N3O2. The number of rotatable bonds is 7. The van der Waals surface area contributed by atoms with Crippen molar-refractivity contribution >= 4 is 5.91 Å². The Bertz CT molecular complexity index is 563. The van der Waals surface area contributed by atoms with Crippen molar-refractivity contribution in [1.29, 1.82) is 0 Å². The van der Waals surface area contributed by atoms with Crippen LogP contribution >= 0.6 is 0 Å². The van der Waals surface area contributed by atoms with E-state index in [0.717, 1.165) is 24.3 Å². The van der Waals surface area contributed by atoms with Gasteiger partial charge in [0.15, 0.2) is 0 Å². The quantitative estimate of drug-likeness (QED) is 0.715. The summed E-state index contributed by atoms with van der Waals surface area (Å²) in [5.74, 6) is 0.900. The van der Waals surface area contributed by atoms with Crippen molar-refractivity contribution in [2.24, 2.45) is 0 Å². The highest BCUT2D eigenvalue weighted by molar-refractivity contribution is 5.78. The van der Waals surface area contributed by atoms with Crippen LogP contribution in [0.2, 0.25) is 0 Å². The maximum Gasteiger partial charge on any atom is 0.234 e. The molecule has 1 heterocycles. The highest BCUT2D eigenvalue weighted by atomic mass is 16.5. The van der Waals surface area contributed by atoms with Gasteiger partial charge >= 0.3 is 0 Å². The van der Waals surface area contributed by atoms with Crippen LogP contribution in [0.15, 0.2) is 24.3 Å². The Balaban J connectivity index is 1.46. The molecule has 0 bridgehead atoms. The molecule has 1 aromatic rings. The molecule has 3 N–H and O–H groups in total. The Hall–Kier alpha value is -1.59. The molecule has 0 aromatic heterocycles. The molecule has 1 saturated carbocycles. The first-order valence-corrected chi connectivity index (χ1v) is 9.08. The summed E-state index contributed by atoms with van der Waals surface area (Å²) in [6.07, 6.45) is 4.91. The average molecular weight is 331 g/mol. The van der Waals surface area contributed by atoms with Gasteiger partial charge in [0.05, 0.1) is 12.6 Å². The summed E-state index contributed by atoms with van der Waals surface area (Å²) in [6, 6.07) is 8.44. The van der Waals surface area contributed by atoms with Gasteiger partial charge in [0.1, 0.15) is 5.75 Å². The Morgan fingerprint density at radius 3 is 3.12 bits per heavy atom. The number of amides is 1. The van der Waals surface area contributed by atoms with E-state index in [1.165, 1.54) is 19.3 Å². The van der Waals surface area contributed by atoms with Crippen molar-refractivity contribution < 1.29 is 9.53 Å². The van der Waals surface area contributed by atoms with E-state index < -0.39 is 0 Å². The van der Waals surface area contributed by atoms with Crippen LogP contribution in [0.1, 0.15) is 45.1 Å². The lowest BCUT2D eigenvalue weighted by Crippen LogP contribution is -2.53. The van der Waals surface area contributed by atoms with E-state index in [1.54, 1.807) is 0 Å². The largest absolute Gasteiger partial charge is 0.491 e. The lowest BCUT2D eigenvalue weighted by molar-refractivity contribution is -0.120. The molecule has 1 aromatic carbocycles. The number of carbonyl (C=O) groups is 1. The van der Waals surface area contributed by atoms with Crippen LogP contribution in [0.5, 0.6) is 5.75 Å². The Morgan fingerprint density at radius 2 is 2.29 bits per heavy atom. The number of nitrogens with one attached hydrogen (secondary N) is 3. The van der Waals surface area contributed by atoms with Crippen molar-refractivity contribution in [3.63, 3.8) is 0 Å². The van der Waals surface area contributed by atoms with Crippen LogP contribution < -0.4 is 20.7 Å². The Labute approximate surface area is 144 Å². The van der Waals surface area contributed by atoms with Crippen LogP contribution in [-0.4, -0.2) is 36.7 Å². The summed E-state index contributed by atoms with van der Waals surface area (Å²) in [5.41, 5.74) is 1.20. The molecule has 2 fully saturated rings. The molecule has 2 atom stereocenters. The Morgan fingerprint density at radius 1 is 1.42 bits per heavy atom. The van der Waals surface area contributed by atoms with Crippen molar-refractivity contribution in [2.45, 2.75) is 63.8 Å². The summed E-state index contributed by atoms with van der Waals surface area (Å²) in [7, 11) is 0. The lowest BCUT2D eigenvalue weighted by atomic mass is 9.93. The maximum atomic E-state index is 12.2. The fourth-order valence-electron chi connectivity index (χ4n) is 3.96. The predicted octanol–water partition coefficient (Wildman–Crippen LogP) is 1.96. The minimum absolute atomic E-state index is 0.0529. The molecule has 0 spiro atoms. The van der Waals surface area contributed by atoms with Gasteiger partial charge in [-0.1, -0.05) is 12.1 Å². The maximum absolute atomic E-state index is 12.2. The third kappa shape index (κ3) is 4.08. The third-order valence-electron chi connectivity index (χ3n) is 5.11. The zero-order valence-corrected chi connectivity index (χ0v) is 14.7. The topological polar surface area (TPSA) is 62.4 Å². The monoisotopic (exact) mass is 331 g/mol. The number of fused-ring (bicyclic) bond motifs is 1. The van der Waals surface area contributed by atoms with E-state index in [2.05, 4.69) is 16.0 Å². The van der Waals surface area contributed by atoms with Crippen molar-refractivity contribution in [2.75, 3.05) is 13.1 Å². The second-order valence-electron chi connectivity index (χ2n) is 7.25. The number of hydrogen-bond acceptors (Lipinski definition) is 4. The van der Waals surface area contributed by atoms with Crippen LogP contribution in [0.3, 0.4) is 0 Å². The molecule has 1 saturated heterocycles. The minimum Gasteiger partial charge on any atom is -0.491 e. The zero-order valence-electron chi connectivity index (χ0n) is 14.7. The van der Waals surface area contributed by atoms with Gasteiger partial charge in [-0.05, 0) is 63.8 Å². The highest BCUT2D eigenvalue weighted by Gasteiger charge is 2.45. The summed E-state index contributed by atoms with van der Waals surface area (Å²) in [6.45, 7) is 5.99. The van der Waals surface area contributed by atoms with Crippen LogP contribution in [0.25, 0.3) is 0 Å². The summed E-state index contributed by atoms with van der Waals surface area (Å²) in [5, 5.41) is 10.1. The molecule has 2 aliphatic rings. The number of ether oxygens (including phenoxy) is 1. The molecule has 0 radical (unpaired) electrons. The van der Waals surface area contributed by atoms with E-state index in [4.69, 9.17) is 4.74 Å². The van der Waals surface area contributed by atoms with E-state index in [1.807, 2.05) is 38.1 Å². The molecule has 1 amide bonds. The molecular weight excluding hydrogens is 302 g/mol. The van der Waals surface area contributed by atoms with Crippen LogP contribution in [-0.2, 0) is 11.3 Å². The molecule has 5 heteroatoms. The molecule has 24 heavy (non-hydrogen) atoms. The first kappa shape index (κ1) is 17.2. The standard InChI is InChI=1S/C19H29N3O2/c1-14(2)24-16-6-3-5-15(11-16)12-21-18(23)13-22-19-8-4-7-17(19)20-10-9-19/h3,5-6,11,14,17,20,22H,4,7-10,12-13H2,1-2H3,(H,21,23). The number of carbonyl (C=O) groups excluding carboxylic acids is 1. The minimum atomic E-state index is 0.0529. The van der Waals surface area contributed by atoms with Gasteiger partial charge in [-0.3, -0.25) is 4.79 Å². The molecule has 1 aliphatic heterocycles. The highest BCUT2D eigenvalue weighted by Crippen LogP contribution is 2.36. The smallest absolute Gasteiger partial charge is 0.234 e. The van der Waals surface area contributed by atoms with Crippen LogP contribution in [0.4, 0.5) is 0 Å². The van der Waals surface area contributed by atoms with Gasteiger partial charge in [-0.25, -0.2) is 0 Å². The van der Waals surface area contributed by atoms with E-state index in [0.29, 0.717) is 19.1 Å². The van der Waals surface area contributed by atoms with E-state index >= 15 is 0 Å². The molecule has 2 unspecified atom stereocenters. The summed E-state index contributed by atoms with van der Waals surface area (Å²) < 4.78 is 5.69. The van der Waals surface area contributed by atoms with Gasteiger partial charge in [0.25, 0.3) is 0 Å². The van der Waals surface area contributed by atoms with Crippen LogP contribution in [0, 0.1) is 0 Å².